The van der Waals surface area contributed by atoms with Crippen molar-refractivity contribution < 1.29 is 8.42 Å². The lowest BCUT2D eigenvalue weighted by molar-refractivity contribution is 0.181. The van der Waals surface area contributed by atoms with Gasteiger partial charge in [-0.3, -0.25) is 4.90 Å². The Labute approximate surface area is 104 Å². The normalized spacial score (nSPS) is 30.4. The van der Waals surface area contributed by atoms with E-state index in [-0.39, 0.29) is 5.75 Å². The minimum atomic E-state index is -3.07. The van der Waals surface area contributed by atoms with Crippen molar-refractivity contribution in [3.8, 4) is 0 Å². The lowest BCUT2D eigenvalue weighted by Crippen LogP contribution is -2.46. The van der Waals surface area contributed by atoms with Crippen molar-refractivity contribution >= 4 is 10.0 Å². The first-order chi connectivity index (χ1) is 8.12. The Morgan fingerprint density at radius 2 is 2.06 bits per heavy atom. The van der Waals surface area contributed by atoms with Crippen LogP contribution in [0.1, 0.15) is 25.7 Å². The Bertz CT molecular complexity index is 345. The predicted octanol–water partition coefficient (Wildman–Crippen LogP) is -0.248. The molecule has 2 heterocycles. The zero-order chi connectivity index (χ0) is 12.3. The molecule has 100 valence electrons. The monoisotopic (exact) mass is 261 g/mol. The van der Waals surface area contributed by atoms with Crippen molar-refractivity contribution in [2.24, 2.45) is 0 Å². The van der Waals surface area contributed by atoms with Crippen LogP contribution in [0.5, 0.6) is 0 Å². The first kappa shape index (κ1) is 13.3. The molecule has 2 aliphatic rings. The lowest BCUT2D eigenvalue weighted by Gasteiger charge is -2.32. The highest BCUT2D eigenvalue weighted by atomic mass is 32.2. The molecule has 2 rings (SSSR count). The van der Waals surface area contributed by atoms with E-state index in [9.17, 15) is 8.42 Å². The van der Waals surface area contributed by atoms with Crippen molar-refractivity contribution in [3.05, 3.63) is 0 Å². The Balaban J connectivity index is 1.76. The summed E-state index contributed by atoms with van der Waals surface area (Å²) < 4.78 is 24.9. The molecule has 0 radical (unpaired) electrons. The second kappa shape index (κ2) is 5.65. The number of fused-ring (bicyclic) bond motifs is 1. The summed E-state index contributed by atoms with van der Waals surface area (Å²) in [5.41, 5.74) is 0. The van der Waals surface area contributed by atoms with E-state index >= 15 is 0 Å². The van der Waals surface area contributed by atoms with E-state index in [2.05, 4.69) is 14.9 Å². The minimum absolute atomic E-state index is 0.173. The molecule has 0 aromatic heterocycles. The van der Waals surface area contributed by atoms with Gasteiger partial charge in [0.1, 0.15) is 0 Å². The van der Waals surface area contributed by atoms with Crippen molar-refractivity contribution in [2.45, 2.75) is 37.8 Å². The smallest absolute Gasteiger partial charge is 0.212 e. The van der Waals surface area contributed by atoms with Gasteiger partial charge in [0, 0.05) is 25.2 Å². The zero-order valence-electron chi connectivity index (χ0n) is 10.5. The Morgan fingerprint density at radius 3 is 2.82 bits per heavy atom. The van der Waals surface area contributed by atoms with Gasteiger partial charge in [-0.05, 0) is 32.9 Å². The third-order valence-corrected chi connectivity index (χ3v) is 5.31. The molecule has 2 N–H and O–H groups in total. The van der Waals surface area contributed by atoms with Crippen LogP contribution >= 0.6 is 0 Å². The Hall–Kier alpha value is -0.170. The van der Waals surface area contributed by atoms with Crippen molar-refractivity contribution in [1.29, 1.82) is 0 Å². The molecule has 0 amide bonds. The standard InChI is InChI=1S/C11H23N3O2S/c1-12-17(15,16)9-6-13-10-5-8-14-7-3-2-4-11(10)14/h10-13H,2-9H2,1H3. The van der Waals surface area contributed by atoms with E-state index in [1.54, 1.807) is 0 Å². The molecule has 6 heteroatoms. The van der Waals surface area contributed by atoms with Crippen molar-refractivity contribution in [1.82, 2.24) is 14.9 Å². The number of piperidine rings is 1. The molecule has 2 unspecified atom stereocenters. The number of rotatable bonds is 5. The summed E-state index contributed by atoms with van der Waals surface area (Å²) in [6.45, 7) is 2.94. The number of nitrogens with one attached hydrogen (secondary N) is 2. The van der Waals surface area contributed by atoms with E-state index in [1.807, 2.05) is 0 Å². The molecule has 0 aromatic carbocycles. The van der Waals surface area contributed by atoms with Gasteiger partial charge >= 0.3 is 0 Å². The quantitative estimate of drug-likeness (QED) is 0.716. The highest BCUT2D eigenvalue weighted by molar-refractivity contribution is 7.89. The molecule has 0 aliphatic carbocycles. The van der Waals surface area contributed by atoms with Crippen LogP contribution in [0.4, 0.5) is 0 Å². The predicted molar refractivity (Wildman–Crippen MR) is 68.5 cm³/mol. The average molecular weight is 261 g/mol. The second-order valence-electron chi connectivity index (χ2n) is 4.97. The molecule has 0 aromatic rings. The molecule has 2 aliphatic heterocycles. The van der Waals surface area contributed by atoms with Crippen LogP contribution in [0.25, 0.3) is 0 Å². The topological polar surface area (TPSA) is 61.4 Å². The van der Waals surface area contributed by atoms with Crippen LogP contribution in [0.3, 0.4) is 0 Å². The maximum Gasteiger partial charge on any atom is 0.212 e. The third kappa shape index (κ3) is 3.40. The first-order valence-electron chi connectivity index (χ1n) is 6.51. The fourth-order valence-electron chi connectivity index (χ4n) is 2.97. The van der Waals surface area contributed by atoms with Gasteiger partial charge in [0.25, 0.3) is 0 Å². The third-order valence-electron chi connectivity index (χ3n) is 3.94. The van der Waals surface area contributed by atoms with Gasteiger partial charge in [0.15, 0.2) is 0 Å². The van der Waals surface area contributed by atoms with Gasteiger partial charge in [-0.25, -0.2) is 13.1 Å². The number of hydrogen-bond donors (Lipinski definition) is 2. The van der Waals surface area contributed by atoms with Gasteiger partial charge < -0.3 is 5.32 Å². The van der Waals surface area contributed by atoms with Gasteiger partial charge in [-0.1, -0.05) is 6.42 Å². The van der Waals surface area contributed by atoms with Crippen LogP contribution in [0, 0.1) is 0 Å². The van der Waals surface area contributed by atoms with Crippen molar-refractivity contribution in [3.63, 3.8) is 0 Å². The Morgan fingerprint density at radius 1 is 1.24 bits per heavy atom. The molecular formula is C11H23N3O2S. The van der Waals surface area contributed by atoms with Gasteiger partial charge in [-0.2, -0.15) is 0 Å². The lowest BCUT2D eigenvalue weighted by atomic mass is 9.99. The molecule has 2 atom stereocenters. The van der Waals surface area contributed by atoms with Crippen LogP contribution in [0.2, 0.25) is 0 Å². The van der Waals surface area contributed by atoms with Crippen LogP contribution < -0.4 is 10.0 Å². The summed E-state index contributed by atoms with van der Waals surface area (Å²) in [4.78, 5) is 2.55. The summed E-state index contributed by atoms with van der Waals surface area (Å²) in [5.74, 6) is 0.173. The van der Waals surface area contributed by atoms with E-state index in [0.717, 1.165) is 6.42 Å². The van der Waals surface area contributed by atoms with Gasteiger partial charge in [-0.15, -0.1) is 0 Å². The average Bonchev–Trinajstić information content (AvgIpc) is 2.73. The Kier molecular flexibility index (Phi) is 4.41. The van der Waals surface area contributed by atoms with Crippen LogP contribution in [-0.2, 0) is 10.0 Å². The summed E-state index contributed by atoms with van der Waals surface area (Å²) in [6, 6.07) is 1.13. The SMILES string of the molecule is CNS(=O)(=O)CCNC1CCN2CCCCC12. The first-order valence-corrected chi connectivity index (χ1v) is 8.16. The summed E-state index contributed by atoms with van der Waals surface area (Å²) >= 11 is 0. The number of nitrogens with zero attached hydrogens (tertiary/aromatic N) is 1. The fraction of sp³-hybridized carbons (Fsp3) is 1.00. The van der Waals surface area contributed by atoms with Gasteiger partial charge in [0.2, 0.25) is 10.0 Å². The maximum atomic E-state index is 11.3. The molecule has 5 nitrogen and oxygen atoms in total. The van der Waals surface area contributed by atoms with Crippen LogP contribution in [-0.4, -0.2) is 57.8 Å². The molecule has 0 spiro atoms. The van der Waals surface area contributed by atoms with E-state index in [4.69, 9.17) is 0 Å². The van der Waals surface area contributed by atoms with Crippen molar-refractivity contribution in [2.75, 3.05) is 32.4 Å². The van der Waals surface area contributed by atoms with Gasteiger partial charge in [0.05, 0.1) is 5.75 Å². The maximum absolute atomic E-state index is 11.3. The highest BCUT2D eigenvalue weighted by Crippen LogP contribution is 2.26. The summed E-state index contributed by atoms with van der Waals surface area (Å²) in [5, 5.41) is 3.41. The molecular weight excluding hydrogens is 238 g/mol. The number of sulfonamides is 1. The highest BCUT2D eigenvalue weighted by Gasteiger charge is 2.34. The van der Waals surface area contributed by atoms with E-state index in [1.165, 1.54) is 39.4 Å². The molecule has 0 bridgehead atoms. The molecule has 17 heavy (non-hydrogen) atoms. The fourth-order valence-corrected chi connectivity index (χ4v) is 3.56. The summed E-state index contributed by atoms with van der Waals surface area (Å²) in [6.07, 6.45) is 5.05. The second-order valence-corrected chi connectivity index (χ2v) is 7.02. The minimum Gasteiger partial charge on any atom is -0.311 e. The molecule has 2 fully saturated rings. The van der Waals surface area contributed by atoms with Crippen LogP contribution in [0.15, 0.2) is 0 Å². The molecule has 2 saturated heterocycles. The largest absolute Gasteiger partial charge is 0.311 e. The number of hydrogen-bond acceptors (Lipinski definition) is 4. The van der Waals surface area contributed by atoms with E-state index in [0.29, 0.717) is 18.6 Å². The zero-order valence-corrected chi connectivity index (χ0v) is 11.3. The van der Waals surface area contributed by atoms with E-state index < -0.39 is 10.0 Å². The summed E-state index contributed by atoms with van der Waals surface area (Å²) in [7, 11) is -1.60. The molecule has 0 saturated carbocycles.